The van der Waals surface area contributed by atoms with Gasteiger partial charge in [-0.15, -0.1) is 0 Å². The van der Waals surface area contributed by atoms with Gasteiger partial charge in [0, 0.05) is 17.6 Å². The summed E-state index contributed by atoms with van der Waals surface area (Å²) in [6, 6.07) is 5.95. The van der Waals surface area contributed by atoms with E-state index in [2.05, 4.69) is 15.1 Å². The molecule has 5 nitrogen and oxygen atoms in total. The van der Waals surface area contributed by atoms with Gasteiger partial charge >= 0.3 is 0 Å². The molecular weight excluding hydrogens is 335 g/mol. The van der Waals surface area contributed by atoms with Crippen molar-refractivity contribution in [3.8, 4) is 11.3 Å². The van der Waals surface area contributed by atoms with Crippen LogP contribution in [-0.2, 0) is 4.74 Å². The van der Waals surface area contributed by atoms with E-state index in [9.17, 15) is 0 Å². The molecular formula is C16H14Cl2N4O. The molecule has 4 rings (SSSR count). The fourth-order valence-electron chi connectivity index (χ4n) is 2.96. The van der Waals surface area contributed by atoms with Crippen LogP contribution >= 0.6 is 23.2 Å². The van der Waals surface area contributed by atoms with Gasteiger partial charge in [-0.1, -0.05) is 23.7 Å². The molecule has 23 heavy (non-hydrogen) atoms. The number of benzene rings is 1. The molecule has 0 aliphatic carbocycles. The molecule has 7 heteroatoms. The Kier molecular flexibility index (Phi) is 3.93. The lowest BCUT2D eigenvalue weighted by Crippen LogP contribution is -2.18. The number of nitrogens with zero attached hydrogens (tertiary/aromatic N) is 4. The SMILES string of the molecule is Clc1ncc(Cl)c(-c2cccc3c2cnn3C2CCCCO2)n1. The first kappa shape index (κ1) is 14.9. The van der Waals surface area contributed by atoms with Crippen LogP contribution in [0.4, 0.5) is 0 Å². The van der Waals surface area contributed by atoms with Gasteiger partial charge in [-0.3, -0.25) is 0 Å². The van der Waals surface area contributed by atoms with Crippen LogP contribution < -0.4 is 0 Å². The number of aromatic nitrogens is 4. The molecule has 0 radical (unpaired) electrons. The zero-order valence-electron chi connectivity index (χ0n) is 12.2. The van der Waals surface area contributed by atoms with Gasteiger partial charge in [0.25, 0.3) is 0 Å². The fraction of sp³-hybridized carbons (Fsp3) is 0.312. The summed E-state index contributed by atoms with van der Waals surface area (Å²) in [5, 5.41) is 6.13. The van der Waals surface area contributed by atoms with Gasteiger partial charge < -0.3 is 4.74 Å². The Bertz CT molecular complexity index is 858. The largest absolute Gasteiger partial charge is 0.356 e. The number of ether oxygens (including phenoxy) is 1. The van der Waals surface area contributed by atoms with Crippen LogP contribution in [0.1, 0.15) is 25.5 Å². The summed E-state index contributed by atoms with van der Waals surface area (Å²) >= 11 is 12.2. The molecule has 1 saturated heterocycles. The summed E-state index contributed by atoms with van der Waals surface area (Å²) in [6.07, 6.45) is 6.56. The number of halogens is 2. The molecule has 2 aromatic heterocycles. The Balaban J connectivity index is 1.86. The highest BCUT2D eigenvalue weighted by Gasteiger charge is 2.20. The Morgan fingerprint density at radius 3 is 2.91 bits per heavy atom. The van der Waals surface area contributed by atoms with Crippen molar-refractivity contribution in [1.82, 2.24) is 19.7 Å². The molecule has 0 N–H and O–H groups in total. The van der Waals surface area contributed by atoms with E-state index >= 15 is 0 Å². The van der Waals surface area contributed by atoms with Gasteiger partial charge in [0.2, 0.25) is 5.28 Å². The molecule has 0 spiro atoms. The van der Waals surface area contributed by atoms with Gasteiger partial charge in [-0.05, 0) is 36.9 Å². The smallest absolute Gasteiger partial charge is 0.222 e. The van der Waals surface area contributed by atoms with Crippen LogP contribution in [0, 0.1) is 0 Å². The lowest BCUT2D eigenvalue weighted by Gasteiger charge is -2.23. The standard InChI is InChI=1S/C16H14Cl2N4O/c17-12-9-19-16(18)21-15(12)10-4-3-5-13-11(10)8-20-22(13)14-6-1-2-7-23-14/h3-5,8-9,14H,1-2,6-7H2. The maximum atomic E-state index is 6.25. The van der Waals surface area contributed by atoms with E-state index < -0.39 is 0 Å². The van der Waals surface area contributed by atoms with Gasteiger partial charge in [-0.2, -0.15) is 5.10 Å². The molecule has 0 amide bonds. The normalized spacial score (nSPS) is 18.4. The van der Waals surface area contributed by atoms with E-state index in [1.807, 2.05) is 29.1 Å². The van der Waals surface area contributed by atoms with E-state index in [0.29, 0.717) is 10.7 Å². The lowest BCUT2D eigenvalue weighted by molar-refractivity contribution is -0.0366. The monoisotopic (exact) mass is 348 g/mol. The summed E-state index contributed by atoms with van der Waals surface area (Å²) in [6.45, 7) is 0.777. The molecule has 1 fully saturated rings. The molecule has 1 unspecified atom stereocenters. The molecule has 0 saturated carbocycles. The average molecular weight is 349 g/mol. The zero-order valence-corrected chi connectivity index (χ0v) is 13.8. The molecule has 1 atom stereocenters. The van der Waals surface area contributed by atoms with E-state index in [0.717, 1.165) is 42.3 Å². The third kappa shape index (κ3) is 2.69. The van der Waals surface area contributed by atoms with Crippen LogP contribution in [0.3, 0.4) is 0 Å². The Hall–Kier alpha value is -1.69. The molecule has 3 aromatic rings. The zero-order chi connectivity index (χ0) is 15.8. The fourth-order valence-corrected chi connectivity index (χ4v) is 3.28. The van der Waals surface area contributed by atoms with Crippen molar-refractivity contribution in [2.24, 2.45) is 0 Å². The van der Waals surface area contributed by atoms with Crippen LogP contribution in [0.15, 0.2) is 30.6 Å². The maximum absolute atomic E-state index is 6.25. The molecule has 1 aliphatic rings. The third-order valence-corrected chi connectivity index (χ3v) is 4.50. The summed E-state index contributed by atoms with van der Waals surface area (Å²) in [7, 11) is 0. The molecule has 1 aliphatic heterocycles. The second kappa shape index (κ2) is 6.07. The van der Waals surface area contributed by atoms with Crippen molar-refractivity contribution in [3.05, 3.63) is 40.9 Å². The van der Waals surface area contributed by atoms with Gasteiger partial charge in [-0.25, -0.2) is 14.6 Å². The minimum Gasteiger partial charge on any atom is -0.356 e. The first-order valence-electron chi connectivity index (χ1n) is 7.50. The summed E-state index contributed by atoms with van der Waals surface area (Å²) < 4.78 is 7.79. The van der Waals surface area contributed by atoms with E-state index in [1.54, 1.807) is 0 Å². The average Bonchev–Trinajstić information content (AvgIpc) is 3.02. The third-order valence-electron chi connectivity index (χ3n) is 4.04. The first-order valence-corrected chi connectivity index (χ1v) is 8.26. The Morgan fingerprint density at radius 2 is 2.09 bits per heavy atom. The van der Waals surface area contributed by atoms with Gasteiger partial charge in [0.15, 0.2) is 6.23 Å². The number of hydrogen-bond donors (Lipinski definition) is 0. The van der Waals surface area contributed by atoms with Crippen LogP contribution in [0.25, 0.3) is 22.2 Å². The summed E-state index contributed by atoms with van der Waals surface area (Å²) in [5.74, 6) is 0. The Morgan fingerprint density at radius 1 is 1.17 bits per heavy atom. The first-order chi connectivity index (χ1) is 11.2. The van der Waals surface area contributed by atoms with Crippen molar-refractivity contribution in [3.63, 3.8) is 0 Å². The predicted molar refractivity (Wildman–Crippen MR) is 89.6 cm³/mol. The molecule has 118 valence electrons. The van der Waals surface area contributed by atoms with Crippen molar-refractivity contribution >= 4 is 34.1 Å². The Labute approximate surface area is 143 Å². The van der Waals surface area contributed by atoms with Crippen LogP contribution in [0.5, 0.6) is 0 Å². The lowest BCUT2D eigenvalue weighted by atomic mass is 10.1. The number of hydrogen-bond acceptors (Lipinski definition) is 4. The van der Waals surface area contributed by atoms with Gasteiger partial charge in [0.05, 0.1) is 28.6 Å². The van der Waals surface area contributed by atoms with Crippen molar-refractivity contribution < 1.29 is 4.74 Å². The second-order valence-electron chi connectivity index (χ2n) is 5.48. The molecule has 3 heterocycles. The van der Waals surface area contributed by atoms with Gasteiger partial charge in [0.1, 0.15) is 0 Å². The molecule has 0 bridgehead atoms. The highest BCUT2D eigenvalue weighted by atomic mass is 35.5. The quantitative estimate of drug-likeness (QED) is 0.639. The van der Waals surface area contributed by atoms with Crippen molar-refractivity contribution in [2.45, 2.75) is 25.5 Å². The summed E-state index contributed by atoms with van der Waals surface area (Å²) in [5.41, 5.74) is 2.50. The number of rotatable bonds is 2. The second-order valence-corrected chi connectivity index (χ2v) is 6.23. The maximum Gasteiger partial charge on any atom is 0.222 e. The van der Waals surface area contributed by atoms with Crippen molar-refractivity contribution in [2.75, 3.05) is 6.61 Å². The van der Waals surface area contributed by atoms with Crippen LogP contribution in [-0.4, -0.2) is 26.4 Å². The van der Waals surface area contributed by atoms with Crippen LogP contribution in [0.2, 0.25) is 10.3 Å². The predicted octanol–water partition coefficient (Wildman–Crippen LogP) is 4.50. The molecule has 1 aromatic carbocycles. The highest BCUT2D eigenvalue weighted by molar-refractivity contribution is 6.34. The topological polar surface area (TPSA) is 52.8 Å². The minimum atomic E-state index is -0.0130. The van der Waals surface area contributed by atoms with E-state index in [-0.39, 0.29) is 11.5 Å². The van der Waals surface area contributed by atoms with E-state index in [1.165, 1.54) is 6.20 Å². The summed E-state index contributed by atoms with van der Waals surface area (Å²) in [4.78, 5) is 8.17. The van der Waals surface area contributed by atoms with Crippen molar-refractivity contribution in [1.29, 1.82) is 0 Å². The number of fused-ring (bicyclic) bond motifs is 1. The minimum absolute atomic E-state index is 0.0130. The van der Waals surface area contributed by atoms with E-state index in [4.69, 9.17) is 27.9 Å². The highest BCUT2D eigenvalue weighted by Crippen LogP contribution is 2.34.